The highest BCUT2D eigenvalue weighted by molar-refractivity contribution is 4.87. The Morgan fingerprint density at radius 2 is 2.08 bits per heavy atom. The van der Waals surface area contributed by atoms with E-state index in [2.05, 4.69) is 30.8 Å². The summed E-state index contributed by atoms with van der Waals surface area (Å²) in [6.07, 6.45) is 0. The Morgan fingerprint density at radius 1 is 1.42 bits per heavy atom. The van der Waals surface area contributed by atoms with Crippen LogP contribution in [0.4, 0.5) is 0 Å². The molecule has 0 radical (unpaired) electrons. The van der Waals surface area contributed by atoms with Crippen LogP contribution in [0.2, 0.25) is 0 Å². The topological polar surface area (TPSA) is 26.7 Å². The lowest BCUT2D eigenvalue weighted by atomic mass is 10.0. The van der Waals surface area contributed by atoms with Gasteiger partial charge in [-0.15, -0.1) is 0 Å². The van der Waals surface area contributed by atoms with Crippen molar-refractivity contribution in [1.82, 2.24) is 9.80 Å². The fraction of sp³-hybridized carbons (Fsp3) is 1.00. The maximum absolute atomic E-state index is 9.15. The van der Waals surface area contributed by atoms with Crippen molar-refractivity contribution in [2.75, 3.05) is 40.3 Å². The number of aliphatic hydroxyl groups is 1. The Morgan fingerprint density at radius 3 is 2.42 bits per heavy atom. The fourth-order valence-electron chi connectivity index (χ4n) is 1.96. The van der Waals surface area contributed by atoms with Crippen LogP contribution >= 0.6 is 0 Å². The first kappa shape index (κ1) is 9.96. The second-order valence-corrected chi connectivity index (χ2v) is 3.83. The van der Waals surface area contributed by atoms with E-state index in [9.17, 15) is 0 Å². The van der Waals surface area contributed by atoms with Crippen LogP contribution in [0.3, 0.4) is 0 Å². The Kier molecular flexibility index (Phi) is 3.50. The summed E-state index contributed by atoms with van der Waals surface area (Å²) >= 11 is 0. The molecule has 1 aliphatic rings. The van der Waals surface area contributed by atoms with Gasteiger partial charge in [0.05, 0.1) is 0 Å². The van der Waals surface area contributed by atoms with Crippen molar-refractivity contribution in [3.8, 4) is 0 Å². The molecule has 0 spiro atoms. The van der Waals surface area contributed by atoms with Crippen molar-refractivity contribution in [2.24, 2.45) is 5.92 Å². The summed E-state index contributed by atoms with van der Waals surface area (Å²) in [6, 6.07) is 0.537. The maximum Gasteiger partial charge on any atom is 0.0487 e. The molecule has 1 rings (SSSR count). The lowest BCUT2D eigenvalue weighted by molar-refractivity contribution is 0.167. The minimum atomic E-state index is 0.319. The smallest absolute Gasteiger partial charge is 0.0487 e. The Hall–Kier alpha value is -0.120. The summed E-state index contributed by atoms with van der Waals surface area (Å²) in [4.78, 5) is 4.61. The molecule has 1 saturated heterocycles. The Balaban J connectivity index is 2.50. The van der Waals surface area contributed by atoms with E-state index in [1.54, 1.807) is 0 Å². The third-order valence-corrected chi connectivity index (χ3v) is 2.83. The zero-order chi connectivity index (χ0) is 9.14. The van der Waals surface area contributed by atoms with Gasteiger partial charge in [0.25, 0.3) is 0 Å². The average Bonchev–Trinajstić information content (AvgIpc) is 2.47. The molecular weight excluding hydrogens is 152 g/mol. The normalized spacial score (nSPS) is 31.8. The van der Waals surface area contributed by atoms with Gasteiger partial charge in [-0.05, 0) is 20.6 Å². The predicted octanol–water partition coefficient (Wildman–Crippen LogP) is -0.139. The molecule has 2 atom stereocenters. The second-order valence-electron chi connectivity index (χ2n) is 3.83. The van der Waals surface area contributed by atoms with Crippen LogP contribution in [-0.2, 0) is 0 Å². The Labute approximate surface area is 75.0 Å². The van der Waals surface area contributed by atoms with Crippen LogP contribution in [0.1, 0.15) is 6.92 Å². The molecule has 72 valence electrons. The van der Waals surface area contributed by atoms with Crippen LogP contribution in [-0.4, -0.2) is 61.3 Å². The van der Waals surface area contributed by atoms with Crippen LogP contribution in [0.25, 0.3) is 0 Å². The van der Waals surface area contributed by atoms with E-state index in [1.165, 1.54) is 0 Å². The van der Waals surface area contributed by atoms with Gasteiger partial charge in [0, 0.05) is 31.7 Å². The zero-order valence-corrected chi connectivity index (χ0v) is 8.32. The van der Waals surface area contributed by atoms with Gasteiger partial charge in [-0.3, -0.25) is 0 Å². The number of hydrogen-bond acceptors (Lipinski definition) is 3. The standard InChI is InChI=1S/C9H20N2O/c1-4-11-5-8(7-12)9(6-11)10(2)3/h8-9,12H,4-7H2,1-3H3. The van der Waals surface area contributed by atoms with Crippen molar-refractivity contribution in [1.29, 1.82) is 0 Å². The minimum Gasteiger partial charge on any atom is -0.396 e. The molecule has 3 heteroatoms. The number of rotatable bonds is 3. The lowest BCUT2D eigenvalue weighted by Gasteiger charge is -2.23. The first-order chi connectivity index (χ1) is 5.69. The second kappa shape index (κ2) is 4.21. The monoisotopic (exact) mass is 172 g/mol. The van der Waals surface area contributed by atoms with Crippen LogP contribution in [0, 0.1) is 5.92 Å². The molecule has 1 aliphatic heterocycles. The first-order valence-electron chi connectivity index (χ1n) is 4.68. The first-order valence-corrected chi connectivity index (χ1v) is 4.68. The summed E-state index contributed by atoms with van der Waals surface area (Å²) in [6.45, 7) is 5.75. The molecule has 1 heterocycles. The van der Waals surface area contributed by atoms with Crippen molar-refractivity contribution in [2.45, 2.75) is 13.0 Å². The van der Waals surface area contributed by atoms with Gasteiger partial charge in [-0.25, -0.2) is 0 Å². The van der Waals surface area contributed by atoms with E-state index in [1.807, 2.05) is 0 Å². The largest absolute Gasteiger partial charge is 0.396 e. The molecule has 1 fully saturated rings. The van der Waals surface area contributed by atoms with Gasteiger partial charge in [-0.1, -0.05) is 6.92 Å². The predicted molar refractivity (Wildman–Crippen MR) is 50.2 cm³/mol. The van der Waals surface area contributed by atoms with Crippen LogP contribution in [0.15, 0.2) is 0 Å². The van der Waals surface area contributed by atoms with Gasteiger partial charge in [0.15, 0.2) is 0 Å². The van der Waals surface area contributed by atoms with Crippen molar-refractivity contribution in [3.05, 3.63) is 0 Å². The van der Waals surface area contributed by atoms with E-state index in [4.69, 9.17) is 5.11 Å². The SMILES string of the molecule is CCN1CC(CO)C(N(C)C)C1. The zero-order valence-electron chi connectivity index (χ0n) is 8.32. The van der Waals surface area contributed by atoms with E-state index >= 15 is 0 Å². The van der Waals surface area contributed by atoms with E-state index < -0.39 is 0 Å². The van der Waals surface area contributed by atoms with Crippen molar-refractivity contribution < 1.29 is 5.11 Å². The van der Waals surface area contributed by atoms with Crippen molar-refractivity contribution >= 4 is 0 Å². The number of aliphatic hydroxyl groups excluding tert-OH is 1. The molecule has 0 aromatic heterocycles. The highest BCUT2D eigenvalue weighted by atomic mass is 16.3. The van der Waals surface area contributed by atoms with Gasteiger partial charge >= 0.3 is 0 Å². The molecule has 0 amide bonds. The third-order valence-electron chi connectivity index (χ3n) is 2.83. The average molecular weight is 172 g/mol. The van der Waals surface area contributed by atoms with E-state index in [0.717, 1.165) is 19.6 Å². The van der Waals surface area contributed by atoms with E-state index in [0.29, 0.717) is 18.6 Å². The highest BCUT2D eigenvalue weighted by Crippen LogP contribution is 2.19. The quantitative estimate of drug-likeness (QED) is 0.642. The molecule has 0 aliphatic carbocycles. The molecule has 0 aromatic carbocycles. The van der Waals surface area contributed by atoms with Crippen LogP contribution < -0.4 is 0 Å². The van der Waals surface area contributed by atoms with E-state index in [-0.39, 0.29) is 0 Å². The fourth-order valence-corrected chi connectivity index (χ4v) is 1.96. The molecular formula is C9H20N2O. The molecule has 3 nitrogen and oxygen atoms in total. The van der Waals surface area contributed by atoms with Gasteiger partial charge in [0.2, 0.25) is 0 Å². The third kappa shape index (κ3) is 1.97. The molecule has 1 N–H and O–H groups in total. The number of hydrogen-bond donors (Lipinski definition) is 1. The van der Waals surface area contributed by atoms with Crippen LogP contribution in [0.5, 0.6) is 0 Å². The lowest BCUT2D eigenvalue weighted by Crippen LogP contribution is -2.36. The number of nitrogens with zero attached hydrogens (tertiary/aromatic N) is 2. The molecule has 0 saturated carbocycles. The summed E-state index contributed by atoms with van der Waals surface area (Å²) in [5.74, 6) is 0.444. The highest BCUT2D eigenvalue weighted by Gasteiger charge is 2.32. The molecule has 0 bridgehead atoms. The van der Waals surface area contributed by atoms with Crippen molar-refractivity contribution in [3.63, 3.8) is 0 Å². The summed E-state index contributed by atoms with van der Waals surface area (Å²) in [5.41, 5.74) is 0. The molecule has 12 heavy (non-hydrogen) atoms. The summed E-state index contributed by atoms with van der Waals surface area (Å²) < 4.78 is 0. The Bertz CT molecular complexity index is 138. The summed E-state index contributed by atoms with van der Waals surface area (Å²) in [7, 11) is 4.18. The maximum atomic E-state index is 9.15. The van der Waals surface area contributed by atoms with Gasteiger partial charge in [-0.2, -0.15) is 0 Å². The summed E-state index contributed by atoms with van der Waals surface area (Å²) in [5, 5.41) is 9.15. The number of likely N-dealkylation sites (N-methyl/N-ethyl adjacent to an activating group) is 2. The molecule has 0 aromatic rings. The van der Waals surface area contributed by atoms with Gasteiger partial charge < -0.3 is 14.9 Å². The number of likely N-dealkylation sites (tertiary alicyclic amines) is 1. The van der Waals surface area contributed by atoms with Gasteiger partial charge in [0.1, 0.15) is 0 Å². The molecule has 2 unspecified atom stereocenters. The minimum absolute atomic E-state index is 0.319.